The molecule has 3 aromatic rings. The van der Waals surface area contributed by atoms with Crippen molar-refractivity contribution < 1.29 is 4.39 Å². The third kappa shape index (κ3) is 1.16. The summed E-state index contributed by atoms with van der Waals surface area (Å²) in [4.78, 5) is 0. The number of hydrogen-bond acceptors (Lipinski definition) is 0. The predicted octanol–water partition coefficient (Wildman–Crippen LogP) is 3.95. The van der Waals surface area contributed by atoms with Crippen molar-refractivity contribution in [2.45, 2.75) is 13.5 Å². The van der Waals surface area contributed by atoms with Gasteiger partial charge < -0.3 is 4.57 Å². The van der Waals surface area contributed by atoms with Crippen molar-refractivity contribution in [2.75, 3.05) is 0 Å². The summed E-state index contributed by atoms with van der Waals surface area (Å²) in [6.45, 7) is 2.93. The Kier molecular flexibility index (Phi) is 1.96. The zero-order chi connectivity index (χ0) is 11.1. The van der Waals surface area contributed by atoms with E-state index in [4.69, 9.17) is 0 Å². The summed E-state index contributed by atoms with van der Waals surface area (Å²) in [5.41, 5.74) is 2.15. The molecular formula is C14H12FN. The fourth-order valence-corrected chi connectivity index (χ4v) is 2.36. The number of rotatable bonds is 1. The molecule has 0 fully saturated rings. The van der Waals surface area contributed by atoms with Crippen molar-refractivity contribution in [1.29, 1.82) is 0 Å². The highest BCUT2D eigenvalue weighted by Gasteiger charge is 2.08. The van der Waals surface area contributed by atoms with Gasteiger partial charge in [0.2, 0.25) is 0 Å². The molecule has 0 radical (unpaired) electrons. The van der Waals surface area contributed by atoms with Crippen LogP contribution in [0.15, 0.2) is 42.5 Å². The topological polar surface area (TPSA) is 4.93 Å². The molecule has 0 atom stereocenters. The Balaban J connectivity index is 2.58. The zero-order valence-corrected chi connectivity index (χ0v) is 9.07. The molecule has 1 heterocycles. The molecule has 0 saturated heterocycles. The lowest BCUT2D eigenvalue weighted by atomic mass is 10.1. The molecule has 0 unspecified atom stereocenters. The number of nitrogens with zero attached hydrogens (tertiary/aromatic N) is 1. The third-order valence-corrected chi connectivity index (χ3v) is 3.05. The van der Waals surface area contributed by atoms with E-state index in [9.17, 15) is 4.39 Å². The number of fused-ring (bicyclic) bond motifs is 3. The Hall–Kier alpha value is -1.83. The lowest BCUT2D eigenvalue weighted by Crippen LogP contribution is -1.92. The van der Waals surface area contributed by atoms with Crippen LogP contribution in [-0.2, 0) is 6.54 Å². The van der Waals surface area contributed by atoms with Gasteiger partial charge in [-0.1, -0.05) is 18.2 Å². The molecule has 0 aliphatic rings. The molecule has 0 bridgehead atoms. The molecule has 1 aromatic heterocycles. The molecule has 2 heteroatoms. The minimum Gasteiger partial charge on any atom is -0.341 e. The summed E-state index contributed by atoms with van der Waals surface area (Å²) >= 11 is 0. The van der Waals surface area contributed by atoms with Gasteiger partial charge >= 0.3 is 0 Å². The van der Waals surface area contributed by atoms with Crippen LogP contribution in [0, 0.1) is 5.82 Å². The monoisotopic (exact) mass is 213 g/mol. The molecule has 16 heavy (non-hydrogen) atoms. The molecule has 0 aliphatic heterocycles. The summed E-state index contributed by atoms with van der Waals surface area (Å²) in [5.74, 6) is -0.176. The maximum absolute atomic E-state index is 13.3. The SMILES string of the molecule is CCn1c2ccccc2c2ccc(F)cc21. The average molecular weight is 213 g/mol. The van der Waals surface area contributed by atoms with E-state index in [1.807, 2.05) is 18.2 Å². The highest BCUT2D eigenvalue weighted by molar-refractivity contribution is 6.07. The van der Waals surface area contributed by atoms with Gasteiger partial charge in [-0.15, -0.1) is 0 Å². The Morgan fingerprint density at radius 2 is 1.75 bits per heavy atom. The Bertz CT molecular complexity index is 667. The second-order valence-electron chi connectivity index (χ2n) is 3.92. The first kappa shape index (κ1) is 9.40. The van der Waals surface area contributed by atoms with E-state index < -0.39 is 0 Å². The zero-order valence-electron chi connectivity index (χ0n) is 9.07. The van der Waals surface area contributed by atoms with Crippen LogP contribution in [0.1, 0.15) is 6.92 Å². The number of hydrogen-bond donors (Lipinski definition) is 0. The standard InChI is InChI=1S/C14H12FN/c1-2-16-13-6-4-3-5-11(13)12-8-7-10(15)9-14(12)16/h3-9H,2H2,1H3. The lowest BCUT2D eigenvalue weighted by molar-refractivity contribution is 0.628. The van der Waals surface area contributed by atoms with Gasteiger partial charge in [-0.3, -0.25) is 0 Å². The Morgan fingerprint density at radius 3 is 2.56 bits per heavy atom. The van der Waals surface area contributed by atoms with Crippen molar-refractivity contribution in [3.05, 3.63) is 48.3 Å². The van der Waals surface area contributed by atoms with Gasteiger partial charge in [0.1, 0.15) is 5.82 Å². The van der Waals surface area contributed by atoms with E-state index in [-0.39, 0.29) is 5.82 Å². The summed E-state index contributed by atoms with van der Waals surface area (Å²) in [7, 11) is 0. The number of benzene rings is 2. The van der Waals surface area contributed by atoms with Gasteiger partial charge in [-0.05, 0) is 31.2 Å². The Morgan fingerprint density at radius 1 is 1.00 bits per heavy atom. The number of para-hydroxylation sites is 1. The number of aromatic nitrogens is 1. The van der Waals surface area contributed by atoms with Crippen molar-refractivity contribution >= 4 is 21.8 Å². The number of halogens is 1. The van der Waals surface area contributed by atoms with Gasteiger partial charge in [-0.25, -0.2) is 4.39 Å². The Labute approximate surface area is 93.1 Å². The summed E-state index contributed by atoms with van der Waals surface area (Å²) in [6.07, 6.45) is 0. The molecule has 80 valence electrons. The van der Waals surface area contributed by atoms with E-state index in [1.54, 1.807) is 6.07 Å². The fraction of sp³-hybridized carbons (Fsp3) is 0.143. The first-order valence-corrected chi connectivity index (χ1v) is 5.47. The fourth-order valence-electron chi connectivity index (χ4n) is 2.36. The van der Waals surface area contributed by atoms with Crippen LogP contribution in [0.3, 0.4) is 0 Å². The molecule has 0 N–H and O–H groups in total. The molecule has 0 amide bonds. The van der Waals surface area contributed by atoms with E-state index in [0.29, 0.717) is 0 Å². The predicted molar refractivity (Wildman–Crippen MR) is 65.1 cm³/mol. The van der Waals surface area contributed by atoms with Gasteiger partial charge in [0, 0.05) is 22.8 Å². The van der Waals surface area contributed by atoms with Crippen LogP contribution in [0.4, 0.5) is 4.39 Å². The second kappa shape index (κ2) is 3.34. The van der Waals surface area contributed by atoms with Crippen LogP contribution in [0.5, 0.6) is 0 Å². The van der Waals surface area contributed by atoms with E-state index in [1.165, 1.54) is 17.0 Å². The lowest BCUT2D eigenvalue weighted by Gasteiger charge is -2.02. The van der Waals surface area contributed by atoms with Crippen molar-refractivity contribution in [2.24, 2.45) is 0 Å². The van der Waals surface area contributed by atoms with Crippen molar-refractivity contribution in [3.63, 3.8) is 0 Å². The van der Waals surface area contributed by atoms with Crippen molar-refractivity contribution in [3.8, 4) is 0 Å². The molecular weight excluding hydrogens is 201 g/mol. The van der Waals surface area contributed by atoms with Crippen LogP contribution in [0.2, 0.25) is 0 Å². The molecule has 0 aliphatic carbocycles. The van der Waals surface area contributed by atoms with Crippen LogP contribution in [-0.4, -0.2) is 4.57 Å². The maximum atomic E-state index is 13.3. The highest BCUT2D eigenvalue weighted by Crippen LogP contribution is 2.29. The molecule has 0 saturated carbocycles. The third-order valence-electron chi connectivity index (χ3n) is 3.05. The summed E-state index contributed by atoms with van der Waals surface area (Å²) in [5, 5.41) is 2.32. The van der Waals surface area contributed by atoms with Gasteiger partial charge in [0.25, 0.3) is 0 Å². The highest BCUT2D eigenvalue weighted by atomic mass is 19.1. The summed E-state index contributed by atoms with van der Waals surface area (Å²) < 4.78 is 15.4. The van der Waals surface area contributed by atoms with Crippen LogP contribution < -0.4 is 0 Å². The van der Waals surface area contributed by atoms with E-state index >= 15 is 0 Å². The van der Waals surface area contributed by atoms with Crippen molar-refractivity contribution in [1.82, 2.24) is 4.57 Å². The minimum absolute atomic E-state index is 0.176. The smallest absolute Gasteiger partial charge is 0.125 e. The largest absolute Gasteiger partial charge is 0.341 e. The van der Waals surface area contributed by atoms with Gasteiger partial charge in [0.05, 0.1) is 5.52 Å². The first-order chi connectivity index (χ1) is 7.81. The second-order valence-corrected chi connectivity index (χ2v) is 3.92. The average Bonchev–Trinajstić information content (AvgIpc) is 2.61. The van der Waals surface area contributed by atoms with E-state index in [2.05, 4.69) is 23.6 Å². The normalized spacial score (nSPS) is 11.4. The minimum atomic E-state index is -0.176. The molecule has 3 rings (SSSR count). The first-order valence-electron chi connectivity index (χ1n) is 5.47. The van der Waals surface area contributed by atoms with Crippen LogP contribution in [0.25, 0.3) is 21.8 Å². The van der Waals surface area contributed by atoms with E-state index in [0.717, 1.165) is 17.4 Å². The summed E-state index contributed by atoms with van der Waals surface area (Å²) in [6, 6.07) is 13.2. The van der Waals surface area contributed by atoms with Crippen LogP contribution >= 0.6 is 0 Å². The van der Waals surface area contributed by atoms with Gasteiger partial charge in [-0.2, -0.15) is 0 Å². The maximum Gasteiger partial charge on any atom is 0.125 e. The molecule has 0 spiro atoms. The quantitative estimate of drug-likeness (QED) is 0.576. The number of aryl methyl sites for hydroxylation is 1. The molecule has 1 nitrogen and oxygen atoms in total. The van der Waals surface area contributed by atoms with Gasteiger partial charge in [0.15, 0.2) is 0 Å². The molecule has 2 aromatic carbocycles.